The fourth-order valence-electron chi connectivity index (χ4n) is 2.71. The molecule has 1 aliphatic heterocycles. The molecule has 2 amide bonds. The van der Waals surface area contributed by atoms with Crippen LogP contribution in [0.2, 0.25) is 0 Å². The van der Waals surface area contributed by atoms with Gasteiger partial charge >= 0.3 is 0 Å². The normalized spacial score (nSPS) is 18.1. The molecule has 0 bridgehead atoms. The van der Waals surface area contributed by atoms with Gasteiger partial charge in [0.1, 0.15) is 0 Å². The molecular formula is C15H22N4O4S. The number of rotatable bonds is 5. The van der Waals surface area contributed by atoms with Gasteiger partial charge < -0.3 is 11.1 Å². The number of primary sulfonamides is 1. The number of hydrogen-bond donors (Lipinski definition) is 3. The van der Waals surface area contributed by atoms with Crippen molar-refractivity contribution in [1.29, 1.82) is 0 Å². The summed E-state index contributed by atoms with van der Waals surface area (Å²) in [6.07, 6.45) is 1.30. The summed E-state index contributed by atoms with van der Waals surface area (Å²) in [4.78, 5) is 25.5. The Morgan fingerprint density at radius 2 is 1.75 bits per heavy atom. The Balaban J connectivity index is 1.93. The minimum atomic E-state index is -3.75. The minimum Gasteiger partial charge on any atom is -0.369 e. The molecule has 0 aliphatic carbocycles. The topological polar surface area (TPSA) is 136 Å². The SMILES string of the molecule is C[C@H](C(=O)Nc1ccc(S(N)(=O)=O)cc1)N1CCC(C(N)=O)CC1. The molecule has 1 fully saturated rings. The van der Waals surface area contributed by atoms with Gasteiger partial charge in [0, 0.05) is 11.6 Å². The van der Waals surface area contributed by atoms with Gasteiger partial charge in [0.2, 0.25) is 21.8 Å². The molecule has 8 nitrogen and oxygen atoms in total. The third kappa shape index (κ3) is 4.53. The highest BCUT2D eigenvalue weighted by molar-refractivity contribution is 7.89. The van der Waals surface area contributed by atoms with Crippen molar-refractivity contribution in [2.24, 2.45) is 16.8 Å². The molecule has 1 atom stereocenters. The molecule has 1 aromatic rings. The van der Waals surface area contributed by atoms with Crippen LogP contribution >= 0.6 is 0 Å². The van der Waals surface area contributed by atoms with Crippen molar-refractivity contribution in [3.63, 3.8) is 0 Å². The lowest BCUT2D eigenvalue weighted by molar-refractivity contribution is -0.124. The Morgan fingerprint density at radius 3 is 2.21 bits per heavy atom. The number of nitrogens with two attached hydrogens (primary N) is 2. The molecule has 2 rings (SSSR count). The summed E-state index contributed by atoms with van der Waals surface area (Å²) in [5.74, 6) is -0.611. The summed E-state index contributed by atoms with van der Waals surface area (Å²) in [6.45, 7) is 3.05. The Hall–Kier alpha value is -1.97. The number of amides is 2. The first-order valence-electron chi connectivity index (χ1n) is 7.65. The predicted molar refractivity (Wildman–Crippen MR) is 89.4 cm³/mol. The van der Waals surface area contributed by atoms with Crippen LogP contribution in [0.3, 0.4) is 0 Å². The number of hydrogen-bond acceptors (Lipinski definition) is 5. The van der Waals surface area contributed by atoms with Crippen molar-refractivity contribution in [3.8, 4) is 0 Å². The van der Waals surface area contributed by atoms with Crippen molar-refractivity contribution < 1.29 is 18.0 Å². The highest BCUT2D eigenvalue weighted by Gasteiger charge is 2.28. The summed E-state index contributed by atoms with van der Waals surface area (Å²) in [5.41, 5.74) is 5.80. The Bertz CT molecular complexity index is 709. The lowest BCUT2D eigenvalue weighted by atomic mass is 9.95. The quantitative estimate of drug-likeness (QED) is 0.676. The lowest BCUT2D eigenvalue weighted by Gasteiger charge is -2.34. The fourth-order valence-corrected chi connectivity index (χ4v) is 3.23. The van der Waals surface area contributed by atoms with E-state index in [2.05, 4.69) is 5.32 Å². The van der Waals surface area contributed by atoms with Gasteiger partial charge in [-0.15, -0.1) is 0 Å². The number of piperidine rings is 1. The maximum Gasteiger partial charge on any atom is 0.241 e. The standard InChI is InChI=1S/C15H22N4O4S/c1-10(19-8-6-11(7-9-19)14(16)20)15(21)18-12-2-4-13(5-3-12)24(17,22)23/h2-5,10-11H,6-9H2,1H3,(H2,16,20)(H,18,21)(H2,17,22,23)/t10-/m1/s1. The largest absolute Gasteiger partial charge is 0.369 e. The second-order valence-corrected chi connectivity index (χ2v) is 7.51. The highest BCUT2D eigenvalue weighted by atomic mass is 32.2. The monoisotopic (exact) mass is 354 g/mol. The predicted octanol–water partition coefficient (Wildman–Crippen LogP) is -0.142. The van der Waals surface area contributed by atoms with Crippen LogP contribution in [0.5, 0.6) is 0 Å². The van der Waals surface area contributed by atoms with Crippen LogP contribution in [0.1, 0.15) is 19.8 Å². The summed E-state index contributed by atoms with van der Waals surface area (Å²) in [6, 6.07) is 5.30. The van der Waals surface area contributed by atoms with Crippen molar-refractivity contribution in [1.82, 2.24) is 4.90 Å². The molecule has 24 heavy (non-hydrogen) atoms. The van der Waals surface area contributed by atoms with Gasteiger partial charge in [0.25, 0.3) is 0 Å². The van der Waals surface area contributed by atoms with Gasteiger partial charge in [0.05, 0.1) is 10.9 Å². The van der Waals surface area contributed by atoms with Crippen molar-refractivity contribution >= 4 is 27.5 Å². The van der Waals surface area contributed by atoms with Gasteiger partial charge in [-0.05, 0) is 57.1 Å². The van der Waals surface area contributed by atoms with Crippen LogP contribution in [0.25, 0.3) is 0 Å². The molecular weight excluding hydrogens is 332 g/mol. The van der Waals surface area contributed by atoms with E-state index < -0.39 is 10.0 Å². The molecule has 0 radical (unpaired) electrons. The van der Waals surface area contributed by atoms with E-state index in [1.165, 1.54) is 24.3 Å². The summed E-state index contributed by atoms with van der Waals surface area (Å²) in [7, 11) is -3.75. The Labute approximate surface area is 141 Å². The summed E-state index contributed by atoms with van der Waals surface area (Å²) >= 11 is 0. The Kier molecular flexibility index (Phi) is 5.58. The maximum atomic E-state index is 12.3. The first-order chi connectivity index (χ1) is 11.2. The second kappa shape index (κ2) is 7.29. The number of benzene rings is 1. The number of carbonyl (C=O) groups excluding carboxylic acids is 2. The Morgan fingerprint density at radius 1 is 1.21 bits per heavy atom. The molecule has 132 valence electrons. The average molecular weight is 354 g/mol. The van der Waals surface area contributed by atoms with E-state index >= 15 is 0 Å². The van der Waals surface area contributed by atoms with E-state index in [1.807, 2.05) is 4.90 Å². The maximum absolute atomic E-state index is 12.3. The van der Waals surface area contributed by atoms with E-state index in [9.17, 15) is 18.0 Å². The van der Waals surface area contributed by atoms with Gasteiger partial charge in [-0.1, -0.05) is 0 Å². The van der Waals surface area contributed by atoms with E-state index in [0.29, 0.717) is 31.6 Å². The number of carbonyl (C=O) groups is 2. The molecule has 5 N–H and O–H groups in total. The van der Waals surface area contributed by atoms with Gasteiger partial charge in [0.15, 0.2) is 0 Å². The van der Waals surface area contributed by atoms with Gasteiger partial charge in [-0.25, -0.2) is 13.6 Å². The zero-order valence-corrected chi connectivity index (χ0v) is 14.3. The molecule has 9 heteroatoms. The number of likely N-dealkylation sites (tertiary alicyclic amines) is 1. The first-order valence-corrected chi connectivity index (χ1v) is 9.20. The van der Waals surface area contributed by atoms with Crippen LogP contribution in [0.4, 0.5) is 5.69 Å². The van der Waals surface area contributed by atoms with Crippen LogP contribution in [0.15, 0.2) is 29.2 Å². The molecule has 1 heterocycles. The smallest absolute Gasteiger partial charge is 0.241 e. The number of nitrogens with one attached hydrogen (secondary N) is 1. The van der Waals surface area contributed by atoms with Crippen LogP contribution in [-0.4, -0.2) is 44.3 Å². The van der Waals surface area contributed by atoms with E-state index in [4.69, 9.17) is 10.9 Å². The van der Waals surface area contributed by atoms with Gasteiger partial charge in [-0.2, -0.15) is 0 Å². The highest BCUT2D eigenvalue weighted by Crippen LogP contribution is 2.19. The fraction of sp³-hybridized carbons (Fsp3) is 0.467. The minimum absolute atomic E-state index is 0.0120. The van der Waals surface area contributed by atoms with Crippen LogP contribution < -0.4 is 16.2 Å². The first kappa shape index (κ1) is 18.4. The van der Waals surface area contributed by atoms with E-state index in [0.717, 1.165) is 0 Å². The van der Waals surface area contributed by atoms with Crippen molar-refractivity contribution in [3.05, 3.63) is 24.3 Å². The third-order valence-electron chi connectivity index (χ3n) is 4.31. The molecule has 0 spiro atoms. The molecule has 0 saturated carbocycles. The number of anilines is 1. The van der Waals surface area contributed by atoms with Crippen molar-refractivity contribution in [2.45, 2.75) is 30.7 Å². The zero-order valence-electron chi connectivity index (χ0n) is 13.4. The van der Waals surface area contributed by atoms with Crippen LogP contribution in [-0.2, 0) is 19.6 Å². The van der Waals surface area contributed by atoms with Crippen molar-refractivity contribution in [2.75, 3.05) is 18.4 Å². The number of primary amides is 1. The molecule has 1 aromatic carbocycles. The summed E-state index contributed by atoms with van der Waals surface area (Å²) < 4.78 is 22.4. The number of nitrogens with zero attached hydrogens (tertiary/aromatic N) is 1. The lowest BCUT2D eigenvalue weighted by Crippen LogP contribution is -2.47. The van der Waals surface area contributed by atoms with Gasteiger partial charge in [-0.3, -0.25) is 14.5 Å². The molecule has 1 aliphatic rings. The van der Waals surface area contributed by atoms with Crippen LogP contribution in [0, 0.1) is 5.92 Å². The molecule has 0 aromatic heterocycles. The second-order valence-electron chi connectivity index (χ2n) is 5.95. The third-order valence-corrected chi connectivity index (χ3v) is 5.24. The number of sulfonamides is 1. The molecule has 1 saturated heterocycles. The van der Waals surface area contributed by atoms with E-state index in [1.54, 1.807) is 6.92 Å². The summed E-state index contributed by atoms with van der Waals surface area (Å²) in [5, 5.41) is 7.78. The van der Waals surface area contributed by atoms with E-state index in [-0.39, 0.29) is 28.7 Å². The zero-order chi connectivity index (χ0) is 17.9. The molecule has 0 unspecified atom stereocenters. The average Bonchev–Trinajstić information content (AvgIpc) is 2.54.